The van der Waals surface area contributed by atoms with Crippen molar-refractivity contribution in [2.45, 2.75) is 52.7 Å². The number of hydrogen-bond acceptors (Lipinski definition) is 14. The van der Waals surface area contributed by atoms with Gasteiger partial charge >= 0.3 is 26.2 Å². The van der Waals surface area contributed by atoms with Crippen LogP contribution in [0.1, 0.15) is 66.7 Å². The van der Waals surface area contributed by atoms with Gasteiger partial charge in [0.2, 0.25) is 11.8 Å². The van der Waals surface area contributed by atoms with E-state index in [1.54, 1.807) is 50.2 Å². The zero-order chi connectivity index (χ0) is 38.9. The number of pyridine rings is 2. The van der Waals surface area contributed by atoms with E-state index in [-0.39, 0.29) is 43.0 Å². The largest absolute Gasteiger partial charge is 0.492 e. The van der Waals surface area contributed by atoms with Crippen molar-refractivity contribution in [1.29, 1.82) is 0 Å². The molecule has 6 rings (SSSR count). The van der Waals surface area contributed by atoms with Crippen molar-refractivity contribution in [3.63, 3.8) is 0 Å². The second kappa shape index (κ2) is 17.7. The topological polar surface area (TPSA) is 219 Å². The number of nitrogens with two attached hydrogens (primary N) is 1. The van der Waals surface area contributed by atoms with Crippen LogP contribution in [-0.2, 0) is 28.4 Å². The fourth-order valence-corrected chi connectivity index (χ4v) is 6.07. The van der Waals surface area contributed by atoms with Gasteiger partial charge in [0.05, 0.1) is 44.8 Å². The summed E-state index contributed by atoms with van der Waals surface area (Å²) < 4.78 is 32.4. The third-order valence-corrected chi connectivity index (χ3v) is 8.29. The minimum Gasteiger partial charge on any atom is -0.466 e. The second-order valence-corrected chi connectivity index (χ2v) is 12.0. The Morgan fingerprint density at radius 2 is 1.31 bits per heavy atom. The Morgan fingerprint density at radius 1 is 0.833 bits per heavy atom. The number of amidine groups is 1. The van der Waals surface area contributed by atoms with E-state index in [2.05, 4.69) is 20.0 Å². The number of oxime groups is 1. The number of aryl methyl sites for hydroxylation is 2. The van der Waals surface area contributed by atoms with Crippen LogP contribution in [0.5, 0.6) is 23.3 Å². The van der Waals surface area contributed by atoms with E-state index in [9.17, 15) is 19.6 Å². The summed E-state index contributed by atoms with van der Waals surface area (Å²) in [5, 5.41) is 32.2. The fourth-order valence-electron chi connectivity index (χ4n) is 6.07. The fraction of sp³-hybridized carbons (Fsp3) is 0.278. The Hall–Kier alpha value is -5.99. The molecule has 5 N–H and O–H groups in total. The molecule has 0 aliphatic carbocycles. The lowest BCUT2D eigenvalue weighted by atomic mass is 9.77. The Kier molecular flexibility index (Phi) is 12.8. The quantitative estimate of drug-likeness (QED) is 0.0330. The minimum absolute atomic E-state index is 0.0162. The van der Waals surface area contributed by atoms with Crippen LogP contribution in [0.15, 0.2) is 66.1 Å². The van der Waals surface area contributed by atoms with Crippen LogP contribution < -0.4 is 26.1 Å². The molecule has 0 saturated carbocycles. The Balaban J connectivity index is 0.000000208. The Morgan fingerprint density at radius 3 is 1.78 bits per heavy atom. The summed E-state index contributed by atoms with van der Waals surface area (Å²) in [6, 6.07) is 13.1. The third-order valence-electron chi connectivity index (χ3n) is 8.29. The highest BCUT2D eigenvalue weighted by atomic mass is 16.6. The van der Waals surface area contributed by atoms with Crippen LogP contribution in [0.2, 0.25) is 0 Å². The predicted octanol–water partition coefficient (Wildman–Crippen LogP) is 3.43. The molecule has 16 nitrogen and oxygen atoms in total. The van der Waals surface area contributed by atoms with Gasteiger partial charge in [0, 0.05) is 30.1 Å². The highest BCUT2D eigenvalue weighted by Crippen LogP contribution is 2.35. The monoisotopic (exact) mass is 737 g/mol. The predicted molar refractivity (Wildman–Crippen MR) is 195 cm³/mol. The number of nitrogens with zero attached hydrogens (tertiary/aromatic N) is 4. The molecule has 2 unspecified atom stereocenters. The Labute approximate surface area is 311 Å². The standard InChI is InChI=1S/C18H20BN3O6.C18H17BN2O5/c1-3-26-16(23)9-14-17-10(2)6-12(8-13(17)19(24)28-14)27-15-7-11(4-5-21-15)18(20)22-25;1-4-24-17(22)10-15-18-11(2)7-13(9-14(18)19(23)26-15)25-16-8-12(20-3)5-6-21-16/h4-8,14,24-25H,3,9H2,1-2H3,(H2,20,22);5-9,15,23H,4,10H2,1-2H3. The van der Waals surface area contributed by atoms with E-state index >= 15 is 0 Å². The average Bonchev–Trinajstić information content (AvgIpc) is 3.62. The van der Waals surface area contributed by atoms with E-state index in [0.717, 1.165) is 22.3 Å². The molecule has 0 bridgehead atoms. The molecular weight excluding hydrogens is 700 g/mol. The number of carbonyl (C=O) groups excluding carboxylic acids is 2. The lowest BCUT2D eigenvalue weighted by Gasteiger charge is -2.14. The van der Waals surface area contributed by atoms with Crippen molar-refractivity contribution in [2.75, 3.05) is 13.2 Å². The van der Waals surface area contributed by atoms with Crippen molar-refractivity contribution < 1.29 is 53.1 Å². The third kappa shape index (κ3) is 9.32. The number of hydrogen-bond donors (Lipinski definition) is 4. The van der Waals surface area contributed by atoms with Gasteiger partial charge in [0.25, 0.3) is 0 Å². The van der Waals surface area contributed by atoms with Gasteiger partial charge in [0.1, 0.15) is 11.5 Å². The maximum Gasteiger partial charge on any atom is 0.492 e. The van der Waals surface area contributed by atoms with Gasteiger partial charge in [-0.3, -0.25) is 9.59 Å². The van der Waals surface area contributed by atoms with E-state index in [4.69, 9.17) is 45.8 Å². The van der Waals surface area contributed by atoms with Crippen molar-refractivity contribution in [3.05, 3.63) is 100 Å². The number of rotatable bonds is 11. The van der Waals surface area contributed by atoms with Gasteiger partial charge in [-0.15, -0.1) is 0 Å². The number of fused-ring (bicyclic) bond motifs is 2. The van der Waals surface area contributed by atoms with Crippen LogP contribution in [0.3, 0.4) is 0 Å². The first-order valence-electron chi connectivity index (χ1n) is 16.8. The van der Waals surface area contributed by atoms with Crippen LogP contribution in [-0.4, -0.2) is 70.4 Å². The van der Waals surface area contributed by atoms with Gasteiger partial charge in [-0.1, -0.05) is 5.16 Å². The summed E-state index contributed by atoms with van der Waals surface area (Å²) in [6.45, 7) is 14.8. The van der Waals surface area contributed by atoms with Gasteiger partial charge in [-0.05, 0) is 97.3 Å². The molecule has 0 spiro atoms. The number of aromatic nitrogens is 2. The number of carbonyl (C=O) groups is 2. The summed E-state index contributed by atoms with van der Waals surface area (Å²) in [6.07, 6.45) is 1.87. The summed E-state index contributed by atoms with van der Waals surface area (Å²) in [4.78, 5) is 35.1. The number of benzene rings is 2. The van der Waals surface area contributed by atoms with Crippen LogP contribution in [0, 0.1) is 20.4 Å². The highest BCUT2D eigenvalue weighted by Gasteiger charge is 2.39. The Bertz CT molecular complexity index is 2090. The molecule has 2 aliphatic rings. The number of ether oxygens (including phenoxy) is 4. The van der Waals surface area contributed by atoms with Crippen molar-refractivity contribution >= 4 is 48.6 Å². The zero-order valence-corrected chi connectivity index (χ0v) is 29.9. The molecule has 18 heteroatoms. The summed E-state index contributed by atoms with van der Waals surface area (Å²) >= 11 is 0. The molecule has 4 heterocycles. The second-order valence-electron chi connectivity index (χ2n) is 12.0. The summed E-state index contributed by atoms with van der Waals surface area (Å²) in [5.74, 6) is 0.585. The van der Waals surface area contributed by atoms with E-state index in [1.165, 1.54) is 24.5 Å². The van der Waals surface area contributed by atoms with Crippen LogP contribution in [0.25, 0.3) is 4.85 Å². The highest BCUT2D eigenvalue weighted by molar-refractivity contribution is 6.62. The maximum atomic E-state index is 11.8. The van der Waals surface area contributed by atoms with E-state index in [1.807, 2.05) is 13.8 Å². The number of esters is 2. The van der Waals surface area contributed by atoms with Gasteiger partial charge < -0.3 is 49.2 Å². The SMILES string of the molecule is CCOC(=O)CC1OB(O)c2cc(Oc3cc(C(N)=NO)ccn3)cc(C)c21.[C-]#[N+]c1ccnc(Oc2cc(C)c3c(c2)B(O)OC3CC(=O)OCC)c1. The molecule has 4 aromatic rings. The molecule has 278 valence electrons. The van der Waals surface area contributed by atoms with E-state index < -0.39 is 32.4 Å². The first kappa shape index (κ1) is 39.2. The maximum absolute atomic E-state index is 11.8. The smallest absolute Gasteiger partial charge is 0.466 e. The lowest BCUT2D eigenvalue weighted by molar-refractivity contribution is -0.146. The minimum atomic E-state index is -1.17. The van der Waals surface area contributed by atoms with E-state index in [0.29, 0.717) is 40.3 Å². The first-order chi connectivity index (χ1) is 25.9. The van der Waals surface area contributed by atoms with Crippen molar-refractivity contribution in [2.24, 2.45) is 10.9 Å². The molecule has 2 aromatic heterocycles. The zero-order valence-electron chi connectivity index (χ0n) is 29.9. The first-order valence-corrected chi connectivity index (χ1v) is 16.8. The van der Waals surface area contributed by atoms with Crippen LogP contribution >= 0.6 is 0 Å². The molecule has 2 aromatic carbocycles. The van der Waals surface area contributed by atoms with Gasteiger partial charge in [-0.25, -0.2) is 14.8 Å². The summed E-state index contributed by atoms with van der Waals surface area (Å²) in [7, 11) is -2.32. The molecule has 0 saturated heterocycles. The molecule has 0 radical (unpaired) electrons. The van der Waals surface area contributed by atoms with Crippen LogP contribution in [0.4, 0.5) is 5.69 Å². The normalized spacial score (nSPS) is 15.7. The summed E-state index contributed by atoms with van der Waals surface area (Å²) in [5.41, 5.74) is 10.7. The van der Waals surface area contributed by atoms with Gasteiger partial charge in [-0.2, -0.15) is 0 Å². The molecule has 0 amide bonds. The van der Waals surface area contributed by atoms with Crippen molar-refractivity contribution in [1.82, 2.24) is 9.97 Å². The van der Waals surface area contributed by atoms with Crippen molar-refractivity contribution in [3.8, 4) is 23.3 Å². The molecule has 54 heavy (non-hydrogen) atoms. The molecule has 2 aliphatic heterocycles. The average molecular weight is 737 g/mol. The van der Waals surface area contributed by atoms with Gasteiger partial charge in [0.15, 0.2) is 11.5 Å². The molecular formula is C36H37B2N5O11. The lowest BCUT2D eigenvalue weighted by Crippen LogP contribution is -2.28. The molecule has 2 atom stereocenters. The molecule has 0 fully saturated rings.